The lowest BCUT2D eigenvalue weighted by Gasteiger charge is -2.17. The third-order valence-electron chi connectivity index (χ3n) is 2.27. The third-order valence-corrected chi connectivity index (χ3v) is 2.70. The molecule has 16 heavy (non-hydrogen) atoms. The number of hydrogen-bond donors (Lipinski definition) is 0. The van der Waals surface area contributed by atoms with E-state index in [9.17, 15) is 9.59 Å². The quantitative estimate of drug-likeness (QED) is 0.765. The number of carbonyl (C=O) groups is 2. The fourth-order valence-electron chi connectivity index (χ4n) is 1.57. The van der Waals surface area contributed by atoms with Gasteiger partial charge in [-0.25, -0.2) is 4.98 Å². The summed E-state index contributed by atoms with van der Waals surface area (Å²) in [6.45, 7) is 0.0906. The normalized spacial score (nSPS) is 15.8. The van der Waals surface area contributed by atoms with Crippen LogP contribution >= 0.6 is 15.9 Å². The molecule has 84 valence electrons. The Bertz CT molecular complexity index is 461. The molecule has 5 nitrogen and oxygen atoms in total. The number of halogens is 1. The average Bonchev–Trinajstić information content (AvgIpc) is 2.57. The fourth-order valence-corrected chi connectivity index (χ4v) is 1.89. The third kappa shape index (κ3) is 1.92. The van der Waals surface area contributed by atoms with Crippen molar-refractivity contribution in [3.05, 3.63) is 16.7 Å². The highest BCUT2D eigenvalue weighted by Crippen LogP contribution is 2.30. The second kappa shape index (κ2) is 4.21. The molecule has 0 unspecified atom stereocenters. The van der Waals surface area contributed by atoms with Gasteiger partial charge in [0.25, 0.3) is 0 Å². The van der Waals surface area contributed by atoms with E-state index in [1.165, 1.54) is 12.0 Å². The topological polar surface area (TPSA) is 59.5 Å². The van der Waals surface area contributed by atoms with Crippen molar-refractivity contribution in [3.8, 4) is 5.88 Å². The first kappa shape index (κ1) is 11.1. The van der Waals surface area contributed by atoms with Gasteiger partial charge >= 0.3 is 0 Å². The second-order valence-electron chi connectivity index (χ2n) is 3.38. The molecule has 0 atom stereocenters. The second-order valence-corrected chi connectivity index (χ2v) is 4.29. The Morgan fingerprint density at radius 1 is 1.50 bits per heavy atom. The number of Topliss-reactive ketones (excluding diaryl/α,β-unsaturated/α-hetero) is 1. The van der Waals surface area contributed by atoms with Gasteiger partial charge in [-0.2, -0.15) is 0 Å². The number of methoxy groups -OCH3 is 1. The molecular weight excluding hydrogens is 276 g/mol. The van der Waals surface area contributed by atoms with E-state index in [4.69, 9.17) is 4.74 Å². The van der Waals surface area contributed by atoms with Crippen molar-refractivity contribution < 1.29 is 14.3 Å². The average molecular weight is 285 g/mol. The van der Waals surface area contributed by atoms with Crippen LogP contribution < -0.4 is 9.64 Å². The van der Waals surface area contributed by atoms with Gasteiger partial charge in [0.05, 0.1) is 20.1 Å². The molecule has 1 aromatic heterocycles. The molecule has 1 aliphatic heterocycles. The minimum Gasteiger partial charge on any atom is -0.480 e. The van der Waals surface area contributed by atoms with Gasteiger partial charge in [-0.15, -0.1) is 0 Å². The molecule has 0 spiro atoms. The predicted molar refractivity (Wildman–Crippen MR) is 60.5 cm³/mol. The van der Waals surface area contributed by atoms with Crippen molar-refractivity contribution in [3.63, 3.8) is 0 Å². The zero-order chi connectivity index (χ0) is 11.7. The first-order chi connectivity index (χ1) is 7.61. The maximum Gasteiger partial charge on any atom is 0.237 e. The van der Waals surface area contributed by atoms with E-state index < -0.39 is 0 Å². The molecule has 0 saturated carbocycles. The van der Waals surface area contributed by atoms with Crippen LogP contribution in [-0.4, -0.2) is 30.3 Å². The number of anilines is 1. The number of rotatable bonds is 2. The molecule has 0 radical (unpaired) electrons. The molecule has 0 aromatic carbocycles. The molecule has 6 heteroatoms. The molecule has 1 amide bonds. The number of ether oxygens (including phenoxy) is 1. The highest BCUT2D eigenvalue weighted by molar-refractivity contribution is 9.10. The van der Waals surface area contributed by atoms with Crippen molar-refractivity contribution >= 4 is 33.3 Å². The number of carbonyl (C=O) groups excluding carboxylic acids is 2. The molecule has 2 rings (SSSR count). The summed E-state index contributed by atoms with van der Waals surface area (Å²) in [6, 6.07) is 1.71. The van der Waals surface area contributed by atoms with Gasteiger partial charge in [-0.05, 0) is 22.0 Å². The standard InChI is InChI=1S/C10H9BrN2O3/c1-16-10-8(2-6(11)4-12-10)13-5-7(14)3-9(13)15/h2,4H,3,5H2,1H3. The summed E-state index contributed by atoms with van der Waals surface area (Å²) in [6.07, 6.45) is 1.53. The Balaban J connectivity index is 2.42. The Morgan fingerprint density at radius 3 is 2.81 bits per heavy atom. The van der Waals surface area contributed by atoms with E-state index in [-0.39, 0.29) is 24.7 Å². The lowest BCUT2D eigenvalue weighted by Crippen LogP contribution is -2.25. The van der Waals surface area contributed by atoms with Gasteiger partial charge in [0.15, 0.2) is 5.78 Å². The molecule has 2 heterocycles. The molecule has 0 bridgehead atoms. The summed E-state index contributed by atoms with van der Waals surface area (Å²) in [5.74, 6) is 0.0291. The van der Waals surface area contributed by atoms with Crippen LogP contribution in [0.3, 0.4) is 0 Å². The van der Waals surface area contributed by atoms with Gasteiger partial charge in [0.2, 0.25) is 11.8 Å². The Morgan fingerprint density at radius 2 is 2.25 bits per heavy atom. The minimum absolute atomic E-state index is 0.0460. The van der Waals surface area contributed by atoms with Gasteiger partial charge in [0, 0.05) is 10.7 Å². The smallest absolute Gasteiger partial charge is 0.237 e. The molecule has 1 fully saturated rings. The van der Waals surface area contributed by atoms with Gasteiger partial charge < -0.3 is 4.74 Å². The summed E-state index contributed by atoms with van der Waals surface area (Å²) in [5.41, 5.74) is 0.521. The van der Waals surface area contributed by atoms with Gasteiger partial charge in [-0.3, -0.25) is 14.5 Å². The number of aromatic nitrogens is 1. The maximum atomic E-state index is 11.6. The number of amides is 1. The number of hydrogen-bond acceptors (Lipinski definition) is 4. The molecule has 1 aromatic rings. The van der Waals surface area contributed by atoms with Crippen molar-refractivity contribution in [2.45, 2.75) is 6.42 Å². The first-order valence-electron chi connectivity index (χ1n) is 4.63. The molecule has 1 aliphatic rings. The monoisotopic (exact) mass is 284 g/mol. The van der Waals surface area contributed by atoms with Crippen molar-refractivity contribution in [2.24, 2.45) is 0 Å². The zero-order valence-corrected chi connectivity index (χ0v) is 10.2. The lowest BCUT2D eigenvalue weighted by molar-refractivity contribution is -0.121. The Kier molecular flexibility index (Phi) is 2.91. The van der Waals surface area contributed by atoms with Crippen molar-refractivity contribution in [1.82, 2.24) is 4.98 Å². The molecule has 1 saturated heterocycles. The summed E-state index contributed by atoms with van der Waals surface area (Å²) in [4.78, 5) is 28.2. The van der Waals surface area contributed by atoms with E-state index in [1.807, 2.05) is 0 Å². The van der Waals surface area contributed by atoms with E-state index in [0.717, 1.165) is 4.47 Å². The summed E-state index contributed by atoms with van der Waals surface area (Å²) >= 11 is 3.27. The van der Waals surface area contributed by atoms with Crippen LogP contribution in [0, 0.1) is 0 Å². The van der Waals surface area contributed by atoms with E-state index >= 15 is 0 Å². The molecule has 0 N–H and O–H groups in total. The van der Waals surface area contributed by atoms with Crippen LogP contribution in [0.25, 0.3) is 0 Å². The number of nitrogens with zero attached hydrogens (tertiary/aromatic N) is 2. The van der Waals surface area contributed by atoms with Crippen LogP contribution in [0.2, 0.25) is 0 Å². The Hall–Kier alpha value is -1.43. The van der Waals surface area contributed by atoms with Crippen LogP contribution in [0.4, 0.5) is 5.69 Å². The minimum atomic E-state index is -0.219. The lowest BCUT2D eigenvalue weighted by atomic mass is 10.3. The van der Waals surface area contributed by atoms with E-state index in [2.05, 4.69) is 20.9 Å². The highest BCUT2D eigenvalue weighted by Gasteiger charge is 2.30. The Labute approximate surface area is 101 Å². The van der Waals surface area contributed by atoms with E-state index in [0.29, 0.717) is 11.6 Å². The van der Waals surface area contributed by atoms with Gasteiger partial charge in [0.1, 0.15) is 5.69 Å². The molecular formula is C10H9BrN2O3. The van der Waals surface area contributed by atoms with Crippen LogP contribution in [0.1, 0.15) is 6.42 Å². The first-order valence-corrected chi connectivity index (χ1v) is 5.42. The van der Waals surface area contributed by atoms with Crippen molar-refractivity contribution in [1.29, 1.82) is 0 Å². The summed E-state index contributed by atoms with van der Waals surface area (Å²) < 4.78 is 5.79. The van der Waals surface area contributed by atoms with Crippen LogP contribution in [0.5, 0.6) is 5.88 Å². The summed E-state index contributed by atoms with van der Waals surface area (Å²) in [5, 5.41) is 0. The summed E-state index contributed by atoms with van der Waals surface area (Å²) in [7, 11) is 1.47. The largest absolute Gasteiger partial charge is 0.480 e. The van der Waals surface area contributed by atoms with Crippen LogP contribution in [-0.2, 0) is 9.59 Å². The maximum absolute atomic E-state index is 11.6. The SMILES string of the molecule is COc1ncc(Br)cc1N1CC(=O)CC1=O. The highest BCUT2D eigenvalue weighted by atomic mass is 79.9. The van der Waals surface area contributed by atoms with Gasteiger partial charge in [-0.1, -0.05) is 0 Å². The fraction of sp³-hybridized carbons (Fsp3) is 0.300. The number of ketones is 1. The zero-order valence-electron chi connectivity index (χ0n) is 8.57. The number of pyridine rings is 1. The van der Waals surface area contributed by atoms with E-state index in [1.54, 1.807) is 12.3 Å². The predicted octanol–water partition coefficient (Wildman–Crippen LogP) is 1.16. The van der Waals surface area contributed by atoms with Crippen LogP contribution in [0.15, 0.2) is 16.7 Å². The van der Waals surface area contributed by atoms with Crippen molar-refractivity contribution in [2.75, 3.05) is 18.6 Å². The molecule has 0 aliphatic carbocycles.